The molecule has 3 rings (SSSR count). The minimum atomic E-state index is -1.70. The van der Waals surface area contributed by atoms with Gasteiger partial charge in [-0.25, -0.2) is 4.79 Å². The zero-order valence-electron chi connectivity index (χ0n) is 14.9. The van der Waals surface area contributed by atoms with Crippen LogP contribution in [0.15, 0.2) is 45.5 Å². The van der Waals surface area contributed by atoms with Gasteiger partial charge in [-0.05, 0) is 31.5 Å². The topological polar surface area (TPSA) is 114 Å². The van der Waals surface area contributed by atoms with Gasteiger partial charge in [-0.2, -0.15) is 5.26 Å². The van der Waals surface area contributed by atoms with E-state index in [2.05, 4.69) is 21.2 Å². The van der Waals surface area contributed by atoms with Crippen molar-refractivity contribution in [2.45, 2.75) is 32.1 Å². The highest BCUT2D eigenvalue weighted by atomic mass is 79.9. The molecule has 7 nitrogen and oxygen atoms in total. The van der Waals surface area contributed by atoms with Gasteiger partial charge in [0.05, 0.1) is 6.61 Å². The van der Waals surface area contributed by atoms with Crippen LogP contribution in [-0.4, -0.2) is 18.5 Å². The second kappa shape index (κ2) is 7.08. The average Bonchev–Trinajstić information content (AvgIpc) is 2.88. The number of carbonyl (C=O) groups is 2. The second-order valence-corrected chi connectivity index (χ2v) is 7.03. The average molecular weight is 432 g/mol. The number of amides is 1. The molecule has 0 saturated heterocycles. The Morgan fingerprint density at radius 2 is 2.19 bits per heavy atom. The predicted molar refractivity (Wildman–Crippen MR) is 101 cm³/mol. The lowest BCUT2D eigenvalue weighted by molar-refractivity contribution is -0.140. The fraction of sp³-hybridized carbons (Fsp3) is 0.316. The number of esters is 1. The highest BCUT2D eigenvalue weighted by Gasteiger charge is 2.60. The van der Waals surface area contributed by atoms with Gasteiger partial charge in [0.1, 0.15) is 23.0 Å². The molecule has 1 atom stereocenters. The highest BCUT2D eigenvalue weighted by Crippen LogP contribution is 2.53. The molecule has 0 saturated carbocycles. The van der Waals surface area contributed by atoms with E-state index in [9.17, 15) is 14.9 Å². The van der Waals surface area contributed by atoms with Crippen molar-refractivity contribution in [2.24, 2.45) is 5.73 Å². The number of hydrogen-bond donors (Lipinski definition) is 2. The summed E-state index contributed by atoms with van der Waals surface area (Å²) in [4.78, 5) is 26.2. The molecule has 1 spiro atoms. The molecule has 0 bridgehead atoms. The summed E-state index contributed by atoms with van der Waals surface area (Å²) in [5.41, 5.74) is 5.16. The standard InChI is InChI=1S/C19H18BrN3O4/c1-3-5-14-15(17(24)26-4-2)19(12(9-21)16(22)27-14)11-8-10(20)6-7-13(11)23-18(19)25/h6-8H,3-5,22H2,1-2H3,(H,23,25)/t19-/m1/s1. The van der Waals surface area contributed by atoms with Gasteiger partial charge < -0.3 is 20.5 Å². The van der Waals surface area contributed by atoms with Crippen molar-refractivity contribution < 1.29 is 19.1 Å². The summed E-state index contributed by atoms with van der Waals surface area (Å²) in [5, 5.41) is 12.6. The molecule has 1 aromatic carbocycles. The molecular weight excluding hydrogens is 414 g/mol. The molecule has 140 valence electrons. The van der Waals surface area contributed by atoms with Gasteiger partial charge in [0.25, 0.3) is 0 Å². The third-order valence-corrected chi connectivity index (χ3v) is 5.04. The molecular formula is C19H18BrN3O4. The first-order valence-corrected chi connectivity index (χ1v) is 9.31. The summed E-state index contributed by atoms with van der Waals surface area (Å²) in [5.74, 6) is -1.17. The highest BCUT2D eigenvalue weighted by molar-refractivity contribution is 9.10. The van der Waals surface area contributed by atoms with E-state index < -0.39 is 17.3 Å². The van der Waals surface area contributed by atoms with Gasteiger partial charge in [-0.3, -0.25) is 4.79 Å². The first-order valence-electron chi connectivity index (χ1n) is 8.52. The van der Waals surface area contributed by atoms with Crippen molar-refractivity contribution in [2.75, 3.05) is 11.9 Å². The minimum Gasteiger partial charge on any atom is -0.462 e. The molecule has 1 aromatic rings. The minimum absolute atomic E-state index is 0.00583. The van der Waals surface area contributed by atoms with Crippen LogP contribution in [0, 0.1) is 11.3 Å². The lowest BCUT2D eigenvalue weighted by atomic mass is 9.68. The van der Waals surface area contributed by atoms with E-state index in [0.29, 0.717) is 28.6 Å². The monoisotopic (exact) mass is 431 g/mol. The lowest BCUT2D eigenvalue weighted by Crippen LogP contribution is -2.46. The van der Waals surface area contributed by atoms with E-state index in [1.54, 1.807) is 25.1 Å². The van der Waals surface area contributed by atoms with Crippen LogP contribution >= 0.6 is 15.9 Å². The van der Waals surface area contributed by atoms with E-state index >= 15 is 0 Å². The number of rotatable bonds is 4. The Labute approximate surface area is 164 Å². The molecule has 0 fully saturated rings. The maximum absolute atomic E-state index is 13.2. The summed E-state index contributed by atoms with van der Waals surface area (Å²) < 4.78 is 11.5. The van der Waals surface area contributed by atoms with E-state index in [0.717, 1.165) is 0 Å². The number of nitrogens with zero attached hydrogens (tertiary/aromatic N) is 1. The number of hydrogen-bond acceptors (Lipinski definition) is 6. The van der Waals surface area contributed by atoms with Gasteiger partial charge in [0, 0.05) is 22.1 Å². The number of halogens is 1. The quantitative estimate of drug-likeness (QED) is 0.708. The van der Waals surface area contributed by atoms with Crippen LogP contribution in [0.5, 0.6) is 0 Å². The molecule has 2 aliphatic rings. The molecule has 0 aliphatic carbocycles. The third kappa shape index (κ3) is 2.70. The normalized spacial score (nSPS) is 20.9. The van der Waals surface area contributed by atoms with E-state index in [1.807, 2.05) is 13.0 Å². The Kier molecular flexibility index (Phi) is 4.98. The maximum atomic E-state index is 13.2. The van der Waals surface area contributed by atoms with Gasteiger partial charge in [0.15, 0.2) is 5.41 Å². The van der Waals surface area contributed by atoms with Gasteiger partial charge in [-0.15, -0.1) is 0 Å². The summed E-state index contributed by atoms with van der Waals surface area (Å²) >= 11 is 3.39. The molecule has 2 aliphatic heterocycles. The van der Waals surface area contributed by atoms with Crippen molar-refractivity contribution in [3.63, 3.8) is 0 Å². The number of allylic oxidation sites excluding steroid dienone is 1. The Morgan fingerprint density at radius 1 is 1.44 bits per heavy atom. The molecule has 3 N–H and O–H groups in total. The predicted octanol–water partition coefficient (Wildman–Crippen LogP) is 2.98. The molecule has 2 heterocycles. The van der Waals surface area contributed by atoms with Crippen LogP contribution in [0.2, 0.25) is 0 Å². The van der Waals surface area contributed by atoms with Crippen LogP contribution in [0.4, 0.5) is 5.69 Å². The summed E-state index contributed by atoms with van der Waals surface area (Å²) in [6, 6.07) is 7.14. The van der Waals surface area contributed by atoms with Crippen LogP contribution in [0.25, 0.3) is 0 Å². The molecule has 27 heavy (non-hydrogen) atoms. The van der Waals surface area contributed by atoms with Crippen molar-refractivity contribution in [1.29, 1.82) is 5.26 Å². The largest absolute Gasteiger partial charge is 0.462 e. The van der Waals surface area contributed by atoms with Crippen LogP contribution < -0.4 is 11.1 Å². The SMILES string of the molecule is CCCC1=C(C(=O)OCC)[C@]2(C(=O)Nc3ccc(Br)cc32)C(C#N)=C(N)O1. The zero-order chi connectivity index (χ0) is 19.8. The van der Waals surface area contributed by atoms with Crippen LogP contribution in [-0.2, 0) is 24.5 Å². The summed E-state index contributed by atoms with van der Waals surface area (Å²) in [6.07, 6.45) is 1.02. The van der Waals surface area contributed by atoms with E-state index in [-0.39, 0.29) is 29.4 Å². The van der Waals surface area contributed by atoms with Crippen molar-refractivity contribution in [3.05, 3.63) is 51.0 Å². The molecule has 0 radical (unpaired) electrons. The first kappa shape index (κ1) is 19.0. The number of nitriles is 1. The summed E-state index contributed by atoms with van der Waals surface area (Å²) in [7, 11) is 0. The lowest BCUT2D eigenvalue weighted by Gasteiger charge is -2.34. The first-order chi connectivity index (χ1) is 12.9. The van der Waals surface area contributed by atoms with Gasteiger partial charge in [-0.1, -0.05) is 22.9 Å². The number of carbonyl (C=O) groups excluding carboxylic acids is 2. The van der Waals surface area contributed by atoms with Gasteiger partial charge >= 0.3 is 5.97 Å². The van der Waals surface area contributed by atoms with E-state index in [1.165, 1.54) is 0 Å². The van der Waals surface area contributed by atoms with Crippen LogP contribution in [0.3, 0.4) is 0 Å². The fourth-order valence-electron chi connectivity index (χ4n) is 3.54. The zero-order valence-corrected chi connectivity index (χ0v) is 16.5. The second-order valence-electron chi connectivity index (χ2n) is 6.12. The smallest absolute Gasteiger partial charge is 0.339 e. The number of nitrogens with two attached hydrogens (primary N) is 1. The summed E-state index contributed by atoms with van der Waals surface area (Å²) in [6.45, 7) is 3.69. The Bertz CT molecular complexity index is 945. The number of ether oxygens (including phenoxy) is 2. The fourth-order valence-corrected chi connectivity index (χ4v) is 3.90. The maximum Gasteiger partial charge on any atom is 0.339 e. The number of fused-ring (bicyclic) bond motifs is 2. The van der Waals surface area contributed by atoms with Crippen molar-refractivity contribution in [1.82, 2.24) is 0 Å². The van der Waals surface area contributed by atoms with Crippen molar-refractivity contribution >= 4 is 33.5 Å². The van der Waals surface area contributed by atoms with Crippen molar-refractivity contribution in [3.8, 4) is 6.07 Å². The molecule has 1 amide bonds. The Morgan fingerprint density at radius 3 is 2.81 bits per heavy atom. The molecule has 0 aromatic heterocycles. The number of benzene rings is 1. The Balaban J connectivity index is 2.42. The molecule has 0 unspecified atom stereocenters. The van der Waals surface area contributed by atoms with Gasteiger partial charge in [0.2, 0.25) is 11.8 Å². The number of anilines is 1. The Hall–Kier alpha value is -2.79. The van der Waals surface area contributed by atoms with Crippen LogP contribution in [0.1, 0.15) is 32.3 Å². The van der Waals surface area contributed by atoms with E-state index in [4.69, 9.17) is 15.2 Å². The number of nitrogens with one attached hydrogen (secondary N) is 1. The third-order valence-electron chi connectivity index (χ3n) is 4.55. The molecule has 8 heteroatoms.